The molecule has 2 aromatic rings. The SMILES string of the molecule is CNC(c1ccc(Br)cc1)c1ccc(Cl)o1. The molecule has 2 nitrogen and oxygen atoms in total. The van der Waals surface area contributed by atoms with Crippen molar-refractivity contribution in [1.82, 2.24) is 5.32 Å². The summed E-state index contributed by atoms with van der Waals surface area (Å²) in [6, 6.07) is 11.8. The van der Waals surface area contributed by atoms with Crippen molar-refractivity contribution in [3.8, 4) is 0 Å². The van der Waals surface area contributed by atoms with Crippen molar-refractivity contribution >= 4 is 27.5 Å². The number of hydrogen-bond acceptors (Lipinski definition) is 2. The number of hydrogen-bond donors (Lipinski definition) is 1. The number of halogens is 2. The molecule has 16 heavy (non-hydrogen) atoms. The molecule has 0 fully saturated rings. The maximum absolute atomic E-state index is 5.77. The molecule has 4 heteroatoms. The van der Waals surface area contributed by atoms with Gasteiger partial charge in [0.05, 0.1) is 6.04 Å². The Bertz CT molecular complexity index is 466. The molecule has 84 valence electrons. The Kier molecular flexibility index (Phi) is 3.69. The Morgan fingerprint density at radius 1 is 1.19 bits per heavy atom. The third kappa shape index (κ3) is 2.48. The molecule has 0 aliphatic carbocycles. The fourth-order valence-corrected chi connectivity index (χ4v) is 2.03. The van der Waals surface area contributed by atoms with E-state index in [1.807, 2.05) is 37.4 Å². The first-order chi connectivity index (χ1) is 7.70. The van der Waals surface area contributed by atoms with E-state index in [4.69, 9.17) is 16.0 Å². The summed E-state index contributed by atoms with van der Waals surface area (Å²) >= 11 is 9.18. The molecule has 1 aromatic carbocycles. The fourth-order valence-electron chi connectivity index (χ4n) is 1.61. The van der Waals surface area contributed by atoms with Crippen molar-refractivity contribution in [3.63, 3.8) is 0 Å². The van der Waals surface area contributed by atoms with Gasteiger partial charge >= 0.3 is 0 Å². The lowest BCUT2D eigenvalue weighted by molar-refractivity contribution is 0.465. The molecule has 0 bridgehead atoms. The van der Waals surface area contributed by atoms with Gasteiger partial charge in [-0.05, 0) is 48.5 Å². The molecule has 0 radical (unpaired) electrons. The van der Waals surface area contributed by atoms with Crippen LogP contribution in [0.5, 0.6) is 0 Å². The molecular weight excluding hydrogens is 289 g/mol. The van der Waals surface area contributed by atoms with Crippen LogP contribution in [0.25, 0.3) is 0 Å². The number of nitrogens with one attached hydrogen (secondary N) is 1. The highest BCUT2D eigenvalue weighted by Crippen LogP contribution is 2.26. The molecule has 1 unspecified atom stereocenters. The van der Waals surface area contributed by atoms with E-state index in [0.717, 1.165) is 15.8 Å². The normalized spacial score (nSPS) is 12.7. The van der Waals surface area contributed by atoms with Gasteiger partial charge in [-0.1, -0.05) is 28.1 Å². The van der Waals surface area contributed by atoms with Gasteiger partial charge in [-0.25, -0.2) is 0 Å². The first-order valence-electron chi connectivity index (χ1n) is 4.88. The van der Waals surface area contributed by atoms with Gasteiger partial charge in [0, 0.05) is 4.47 Å². The Morgan fingerprint density at radius 3 is 2.38 bits per heavy atom. The molecule has 2 rings (SSSR count). The highest BCUT2D eigenvalue weighted by molar-refractivity contribution is 9.10. The first-order valence-corrected chi connectivity index (χ1v) is 6.06. The highest BCUT2D eigenvalue weighted by atomic mass is 79.9. The molecule has 0 aliphatic rings. The van der Waals surface area contributed by atoms with Crippen molar-refractivity contribution in [2.24, 2.45) is 0 Å². The number of benzene rings is 1. The first kappa shape index (κ1) is 11.7. The predicted octanol–water partition coefficient (Wildman–Crippen LogP) is 4.00. The minimum Gasteiger partial charge on any atom is -0.448 e. The van der Waals surface area contributed by atoms with Gasteiger partial charge in [-0.2, -0.15) is 0 Å². The zero-order chi connectivity index (χ0) is 11.5. The second kappa shape index (κ2) is 5.04. The second-order valence-corrected chi connectivity index (χ2v) is 4.70. The molecule has 0 amide bonds. The Hall–Kier alpha value is -0.770. The predicted molar refractivity (Wildman–Crippen MR) is 68.8 cm³/mol. The van der Waals surface area contributed by atoms with E-state index < -0.39 is 0 Å². The summed E-state index contributed by atoms with van der Waals surface area (Å²) in [7, 11) is 1.89. The minimum atomic E-state index is 0.0283. The van der Waals surface area contributed by atoms with Crippen LogP contribution in [0.2, 0.25) is 5.22 Å². The van der Waals surface area contributed by atoms with Crippen LogP contribution in [0.1, 0.15) is 17.4 Å². The van der Waals surface area contributed by atoms with Crippen LogP contribution in [0, 0.1) is 0 Å². The van der Waals surface area contributed by atoms with Crippen molar-refractivity contribution in [3.05, 3.63) is 57.4 Å². The van der Waals surface area contributed by atoms with E-state index in [1.165, 1.54) is 0 Å². The molecular formula is C12H11BrClNO. The van der Waals surface area contributed by atoms with E-state index in [0.29, 0.717) is 5.22 Å². The van der Waals surface area contributed by atoms with E-state index >= 15 is 0 Å². The van der Waals surface area contributed by atoms with Gasteiger partial charge in [0.1, 0.15) is 5.76 Å². The summed E-state index contributed by atoms with van der Waals surface area (Å²) in [4.78, 5) is 0. The molecule has 0 spiro atoms. The van der Waals surface area contributed by atoms with Crippen LogP contribution >= 0.6 is 27.5 Å². The van der Waals surface area contributed by atoms with Crippen LogP contribution < -0.4 is 5.32 Å². The lowest BCUT2D eigenvalue weighted by Crippen LogP contribution is -2.16. The average molecular weight is 301 g/mol. The molecule has 1 atom stereocenters. The molecule has 1 aromatic heterocycles. The second-order valence-electron chi connectivity index (χ2n) is 3.42. The van der Waals surface area contributed by atoms with Crippen molar-refractivity contribution in [2.75, 3.05) is 7.05 Å². The topological polar surface area (TPSA) is 25.2 Å². The third-order valence-electron chi connectivity index (χ3n) is 2.37. The van der Waals surface area contributed by atoms with E-state index in [1.54, 1.807) is 6.07 Å². The van der Waals surface area contributed by atoms with E-state index in [9.17, 15) is 0 Å². The minimum absolute atomic E-state index is 0.0283. The van der Waals surface area contributed by atoms with Gasteiger partial charge in [-0.15, -0.1) is 0 Å². The Labute approximate surface area is 108 Å². The summed E-state index contributed by atoms with van der Waals surface area (Å²) in [6.45, 7) is 0. The van der Waals surface area contributed by atoms with Crippen LogP contribution in [0.4, 0.5) is 0 Å². The summed E-state index contributed by atoms with van der Waals surface area (Å²) in [6.07, 6.45) is 0. The van der Waals surface area contributed by atoms with Crippen molar-refractivity contribution in [2.45, 2.75) is 6.04 Å². The monoisotopic (exact) mass is 299 g/mol. The lowest BCUT2D eigenvalue weighted by Gasteiger charge is -2.13. The molecule has 0 saturated heterocycles. The summed E-state index contributed by atoms with van der Waals surface area (Å²) in [5.41, 5.74) is 1.14. The van der Waals surface area contributed by atoms with Gasteiger partial charge < -0.3 is 9.73 Å². The highest BCUT2D eigenvalue weighted by Gasteiger charge is 2.15. The largest absolute Gasteiger partial charge is 0.448 e. The average Bonchev–Trinajstić information content (AvgIpc) is 2.69. The maximum Gasteiger partial charge on any atom is 0.193 e. The van der Waals surface area contributed by atoms with Gasteiger partial charge in [0.2, 0.25) is 0 Å². The van der Waals surface area contributed by atoms with Crippen LogP contribution in [0.3, 0.4) is 0 Å². The third-order valence-corrected chi connectivity index (χ3v) is 3.10. The van der Waals surface area contributed by atoms with E-state index in [-0.39, 0.29) is 6.04 Å². The molecule has 0 saturated carbocycles. The maximum atomic E-state index is 5.77. The summed E-state index contributed by atoms with van der Waals surface area (Å²) in [5, 5.41) is 3.61. The smallest absolute Gasteiger partial charge is 0.193 e. The standard InChI is InChI=1S/C12H11BrClNO/c1-15-12(10-6-7-11(14)16-10)8-2-4-9(13)5-3-8/h2-7,12,15H,1H3. The Morgan fingerprint density at radius 2 is 1.88 bits per heavy atom. The number of rotatable bonds is 3. The quantitative estimate of drug-likeness (QED) is 0.926. The van der Waals surface area contributed by atoms with Crippen LogP contribution in [0.15, 0.2) is 45.3 Å². The van der Waals surface area contributed by atoms with Gasteiger partial charge in [0.25, 0.3) is 0 Å². The van der Waals surface area contributed by atoms with Crippen LogP contribution in [-0.4, -0.2) is 7.05 Å². The molecule has 1 heterocycles. The van der Waals surface area contributed by atoms with Gasteiger partial charge in [0.15, 0.2) is 5.22 Å². The van der Waals surface area contributed by atoms with Crippen molar-refractivity contribution < 1.29 is 4.42 Å². The summed E-state index contributed by atoms with van der Waals surface area (Å²) in [5.74, 6) is 0.815. The van der Waals surface area contributed by atoms with E-state index in [2.05, 4.69) is 21.2 Å². The lowest BCUT2D eigenvalue weighted by atomic mass is 10.1. The number of furan rings is 1. The molecule has 1 N–H and O–H groups in total. The van der Waals surface area contributed by atoms with Crippen molar-refractivity contribution in [1.29, 1.82) is 0 Å². The zero-order valence-electron chi connectivity index (χ0n) is 8.71. The fraction of sp³-hybridized carbons (Fsp3) is 0.167. The van der Waals surface area contributed by atoms with Crippen LogP contribution in [-0.2, 0) is 0 Å². The van der Waals surface area contributed by atoms with Gasteiger partial charge in [-0.3, -0.25) is 0 Å². The summed E-state index contributed by atoms with van der Waals surface area (Å²) < 4.78 is 6.47. The molecule has 0 aliphatic heterocycles. The zero-order valence-corrected chi connectivity index (χ0v) is 11.0. The Balaban J connectivity index is 2.32.